The highest BCUT2D eigenvalue weighted by Gasteiger charge is 2.39. The number of benzene rings is 12. The van der Waals surface area contributed by atoms with E-state index in [1.54, 1.807) is 0 Å². The molecular weight excluding hydrogens is 1020 g/mol. The van der Waals surface area contributed by atoms with Gasteiger partial charge in [0.25, 0.3) is 0 Å². The van der Waals surface area contributed by atoms with E-state index in [0.717, 1.165) is 22.7 Å². The van der Waals surface area contributed by atoms with Crippen molar-refractivity contribution in [2.24, 2.45) is 0 Å². The summed E-state index contributed by atoms with van der Waals surface area (Å²) in [6.45, 7) is 18.6. The molecule has 85 heavy (non-hydrogen) atoms. The van der Waals surface area contributed by atoms with E-state index in [9.17, 15) is 0 Å². The molecule has 0 N–H and O–H groups in total. The Morgan fingerprint density at radius 2 is 0.529 bits per heavy atom. The number of anilines is 6. The van der Waals surface area contributed by atoms with Crippen LogP contribution in [-0.2, 0) is 16.2 Å². The number of fused-ring (bicyclic) bond motifs is 11. The second-order valence-corrected chi connectivity index (χ2v) is 25.6. The van der Waals surface area contributed by atoms with Gasteiger partial charge >= 0.3 is 0 Å². The lowest BCUT2D eigenvalue weighted by molar-refractivity contribution is 0.660. The maximum Gasteiger partial charge on any atom is 0.0540 e. The molecule has 0 unspecified atom stereocenters. The monoisotopic (exact) mass is 1090 g/mol. The quantitative estimate of drug-likeness (QED) is 0.126. The van der Waals surface area contributed by atoms with Crippen molar-refractivity contribution in [3.63, 3.8) is 0 Å². The Kier molecular flexibility index (Phi) is 12.1. The Morgan fingerprint density at radius 1 is 0.259 bits per heavy atom. The van der Waals surface area contributed by atoms with Gasteiger partial charge < -0.3 is 9.80 Å². The molecule has 0 fully saturated rings. The molecule has 0 atom stereocenters. The van der Waals surface area contributed by atoms with Crippen LogP contribution in [0.4, 0.5) is 34.1 Å². The molecule has 2 nitrogen and oxygen atoms in total. The van der Waals surface area contributed by atoms with E-state index < -0.39 is 0 Å². The fourth-order valence-corrected chi connectivity index (χ4v) is 14.4. The van der Waals surface area contributed by atoms with Crippen molar-refractivity contribution in [2.45, 2.75) is 71.6 Å². The maximum atomic E-state index is 2.44. The van der Waals surface area contributed by atoms with Gasteiger partial charge in [0.05, 0.1) is 11.4 Å². The first-order chi connectivity index (χ1) is 41.2. The third-order valence-electron chi connectivity index (χ3n) is 19.1. The van der Waals surface area contributed by atoms with Crippen molar-refractivity contribution in [1.82, 2.24) is 0 Å². The molecule has 410 valence electrons. The minimum absolute atomic E-state index is 0.159. The van der Waals surface area contributed by atoms with E-state index in [2.05, 4.69) is 332 Å². The summed E-state index contributed by atoms with van der Waals surface area (Å²) in [5, 5.41) is 4.93. The molecule has 15 rings (SSSR count). The average molecular weight is 1090 g/mol. The molecule has 0 amide bonds. The molecule has 2 heteroatoms. The molecule has 0 saturated carbocycles. The molecule has 0 aliphatic heterocycles. The van der Waals surface area contributed by atoms with Crippen molar-refractivity contribution >= 4 is 80.0 Å². The van der Waals surface area contributed by atoms with Crippen LogP contribution < -0.4 is 9.80 Å². The molecule has 12 aromatic rings. The summed E-state index contributed by atoms with van der Waals surface area (Å²) in [7, 11) is 0. The van der Waals surface area contributed by atoms with Gasteiger partial charge in [-0.3, -0.25) is 0 Å². The summed E-state index contributed by atoms with van der Waals surface area (Å²) >= 11 is 0. The largest absolute Gasteiger partial charge is 0.310 e. The van der Waals surface area contributed by atoms with E-state index in [1.807, 2.05) is 0 Å². The van der Waals surface area contributed by atoms with Crippen LogP contribution in [0.25, 0.3) is 79.2 Å². The van der Waals surface area contributed by atoms with Crippen molar-refractivity contribution in [2.75, 3.05) is 9.80 Å². The smallest absolute Gasteiger partial charge is 0.0540 e. The van der Waals surface area contributed by atoms with Crippen molar-refractivity contribution in [3.8, 4) is 33.4 Å². The molecule has 0 saturated heterocycles. The summed E-state index contributed by atoms with van der Waals surface area (Å²) in [6.07, 6.45) is 9.20. The van der Waals surface area contributed by atoms with Crippen LogP contribution >= 0.6 is 0 Å². The third-order valence-corrected chi connectivity index (χ3v) is 19.1. The van der Waals surface area contributed by atoms with Crippen molar-refractivity contribution in [1.29, 1.82) is 0 Å². The van der Waals surface area contributed by atoms with Gasteiger partial charge in [-0.25, -0.2) is 0 Å². The predicted molar refractivity (Wildman–Crippen MR) is 364 cm³/mol. The Balaban J connectivity index is 0.672. The molecular formula is C83H68N2. The number of hydrogen-bond acceptors (Lipinski definition) is 2. The van der Waals surface area contributed by atoms with E-state index in [0.29, 0.717) is 0 Å². The lowest BCUT2D eigenvalue weighted by atomic mass is 9.81. The summed E-state index contributed by atoms with van der Waals surface area (Å²) in [4.78, 5) is 4.86. The molecule has 0 radical (unpaired) electrons. The predicted octanol–water partition coefficient (Wildman–Crippen LogP) is 22.8. The van der Waals surface area contributed by atoms with Gasteiger partial charge in [-0.1, -0.05) is 259 Å². The van der Waals surface area contributed by atoms with Crippen molar-refractivity contribution < 1.29 is 0 Å². The number of aryl methyl sites for hydroxylation is 2. The topological polar surface area (TPSA) is 6.48 Å². The molecule has 0 heterocycles. The van der Waals surface area contributed by atoms with Crippen LogP contribution in [0.2, 0.25) is 0 Å². The van der Waals surface area contributed by atoms with Crippen LogP contribution in [0.15, 0.2) is 243 Å². The van der Waals surface area contributed by atoms with Gasteiger partial charge in [0.1, 0.15) is 0 Å². The summed E-state index contributed by atoms with van der Waals surface area (Å²) in [6, 6.07) is 90.9. The summed E-state index contributed by atoms with van der Waals surface area (Å²) < 4.78 is 0. The van der Waals surface area contributed by atoms with Crippen molar-refractivity contribution in [3.05, 3.63) is 309 Å². The first kappa shape index (κ1) is 52.1. The lowest BCUT2D eigenvalue weighted by Gasteiger charge is -2.29. The Hall–Kier alpha value is -9.76. The summed E-state index contributed by atoms with van der Waals surface area (Å²) in [5.41, 5.74) is 29.9. The van der Waals surface area contributed by atoms with E-state index in [1.165, 1.54) is 133 Å². The Bertz CT molecular complexity index is 4440. The van der Waals surface area contributed by atoms with Gasteiger partial charge in [0, 0.05) is 49.8 Å². The molecule has 3 aliphatic rings. The standard InChI is InChI=1S/C83H68N2/c1-53-23-35-61(36-24-53)84(79-21-13-17-59-15-9-11-19-65(59)79)63-39-45-71-69-43-33-57(49-75(69)82(5,6)77(71)51-63)29-27-55-31-41-67-68-42-32-56(48-74(68)81(3,4)73(67)47-55)28-30-58-34-44-70-72-46-40-64(52-78(72)83(7,8)76(70)50-58)85(62-37-25-54(2)26-38-62)80-22-14-18-60-16-10-12-20-66(60)80/h9-52H,1-8H3. The number of rotatable bonds is 10. The molecule has 3 aliphatic carbocycles. The van der Waals surface area contributed by atoms with Gasteiger partial charge in [0.15, 0.2) is 0 Å². The Labute approximate surface area is 501 Å². The second-order valence-electron chi connectivity index (χ2n) is 25.6. The zero-order valence-corrected chi connectivity index (χ0v) is 49.8. The van der Waals surface area contributed by atoms with Crippen LogP contribution in [-0.4, -0.2) is 0 Å². The fraction of sp³-hybridized carbons (Fsp3) is 0.133. The normalized spacial score (nSPS) is 14.5. The third kappa shape index (κ3) is 8.60. The second kappa shape index (κ2) is 19.7. The summed E-state index contributed by atoms with van der Waals surface area (Å²) in [5.74, 6) is 0. The fourth-order valence-electron chi connectivity index (χ4n) is 14.4. The van der Waals surface area contributed by atoms with Gasteiger partial charge in [-0.05, 0) is 174 Å². The molecule has 0 aromatic heterocycles. The SMILES string of the molecule is Cc1ccc(N(c2ccc3c(c2)C(C)(C)c2cc(C=Cc4ccc5c(c4)C(C)(C)c4cc(C=Cc6ccc7c(c6)C(C)(C)c6cc(N(c8ccc(C)cc8)c8cccc9ccccc89)ccc6-7)ccc4-5)ccc2-3)c2cccc3ccccc23)cc1. The van der Waals surface area contributed by atoms with Gasteiger partial charge in [0.2, 0.25) is 0 Å². The van der Waals surface area contributed by atoms with Crippen LogP contribution in [0, 0.1) is 13.8 Å². The van der Waals surface area contributed by atoms with Crippen LogP contribution in [0.1, 0.15) is 108 Å². The minimum atomic E-state index is -0.193. The van der Waals surface area contributed by atoms with Gasteiger partial charge in [-0.15, -0.1) is 0 Å². The zero-order chi connectivity index (χ0) is 57.9. The first-order valence-corrected chi connectivity index (χ1v) is 30.1. The lowest BCUT2D eigenvalue weighted by Crippen LogP contribution is -2.17. The minimum Gasteiger partial charge on any atom is -0.310 e. The Morgan fingerprint density at radius 3 is 0.859 bits per heavy atom. The van der Waals surface area contributed by atoms with Crippen LogP contribution in [0.5, 0.6) is 0 Å². The number of nitrogens with zero attached hydrogens (tertiary/aromatic N) is 2. The highest BCUT2D eigenvalue weighted by atomic mass is 15.1. The molecule has 0 bridgehead atoms. The van der Waals surface area contributed by atoms with Crippen LogP contribution in [0.3, 0.4) is 0 Å². The maximum absolute atomic E-state index is 2.44. The average Bonchev–Trinajstić information content (AvgIpc) is 2.65. The van der Waals surface area contributed by atoms with E-state index in [4.69, 9.17) is 0 Å². The highest BCUT2D eigenvalue weighted by molar-refractivity contribution is 6.01. The number of hydrogen-bond donors (Lipinski definition) is 0. The molecule has 12 aromatic carbocycles. The van der Waals surface area contributed by atoms with E-state index in [-0.39, 0.29) is 16.2 Å². The highest BCUT2D eigenvalue weighted by Crippen LogP contribution is 2.54. The zero-order valence-electron chi connectivity index (χ0n) is 49.8. The first-order valence-electron chi connectivity index (χ1n) is 30.1. The van der Waals surface area contributed by atoms with E-state index >= 15 is 0 Å². The molecule has 0 spiro atoms. The van der Waals surface area contributed by atoms with Gasteiger partial charge in [-0.2, -0.15) is 0 Å².